The van der Waals surface area contributed by atoms with Gasteiger partial charge in [-0.3, -0.25) is 9.69 Å². The largest absolute Gasteiger partial charge is 0.325 e. The maximum absolute atomic E-state index is 12.0. The van der Waals surface area contributed by atoms with Crippen molar-refractivity contribution in [3.8, 4) is 0 Å². The molecule has 1 aromatic carbocycles. The van der Waals surface area contributed by atoms with Crippen molar-refractivity contribution in [2.45, 2.75) is 26.4 Å². The zero-order valence-electron chi connectivity index (χ0n) is 12.7. The van der Waals surface area contributed by atoms with Crippen molar-refractivity contribution < 1.29 is 4.79 Å². The molecule has 0 aliphatic rings. The second kappa shape index (κ2) is 7.86. The quantitative estimate of drug-likeness (QED) is 0.841. The number of rotatable bonds is 7. The van der Waals surface area contributed by atoms with Crippen LogP contribution >= 0.6 is 11.6 Å². The average Bonchev–Trinajstić information content (AvgIpc) is 2.89. The fourth-order valence-electron chi connectivity index (χ4n) is 2.00. The lowest BCUT2D eigenvalue weighted by Crippen LogP contribution is -2.30. The molecule has 0 aliphatic carbocycles. The Kier molecular flexibility index (Phi) is 5.85. The highest BCUT2D eigenvalue weighted by molar-refractivity contribution is 6.30. The van der Waals surface area contributed by atoms with Crippen molar-refractivity contribution in [3.63, 3.8) is 0 Å². The molecule has 22 heavy (non-hydrogen) atoms. The van der Waals surface area contributed by atoms with E-state index in [9.17, 15) is 4.79 Å². The number of hydrogen-bond donors (Lipinski definition) is 1. The van der Waals surface area contributed by atoms with Crippen LogP contribution in [0, 0.1) is 0 Å². The second-order valence-electron chi connectivity index (χ2n) is 5.05. The molecule has 0 radical (unpaired) electrons. The van der Waals surface area contributed by atoms with Crippen molar-refractivity contribution >= 4 is 23.2 Å². The highest BCUT2D eigenvalue weighted by atomic mass is 35.5. The third kappa shape index (κ3) is 4.78. The number of halogens is 1. The minimum absolute atomic E-state index is 0.0978. The molecule has 1 N–H and O–H groups in total. The zero-order valence-corrected chi connectivity index (χ0v) is 13.4. The molecule has 2 rings (SSSR count). The van der Waals surface area contributed by atoms with Gasteiger partial charge < -0.3 is 5.32 Å². The maximum atomic E-state index is 12.0. The number of nitrogens with zero attached hydrogens (tertiary/aromatic N) is 5. The summed E-state index contributed by atoms with van der Waals surface area (Å²) in [7, 11) is 1.85. The number of tetrazole rings is 1. The zero-order chi connectivity index (χ0) is 15.9. The summed E-state index contributed by atoms with van der Waals surface area (Å²) in [6.45, 7) is 3.60. The molecule has 7 nitrogen and oxygen atoms in total. The van der Waals surface area contributed by atoms with Crippen LogP contribution < -0.4 is 5.32 Å². The van der Waals surface area contributed by atoms with E-state index >= 15 is 0 Å². The van der Waals surface area contributed by atoms with Crippen LogP contribution in [0.3, 0.4) is 0 Å². The molecule has 0 saturated heterocycles. The number of amides is 1. The Hall–Kier alpha value is -1.99. The average molecular weight is 323 g/mol. The standard InChI is InChI=1S/C14H19ClN6O/c1-3-8-21-13(17-18-19-21)9-20(2)10-14(22)16-12-6-4-11(15)5-7-12/h4-7H,3,8-10H2,1-2H3,(H,16,22). The van der Waals surface area contributed by atoms with Crippen LogP contribution in [0.2, 0.25) is 5.02 Å². The Bertz CT molecular complexity index is 612. The van der Waals surface area contributed by atoms with Gasteiger partial charge >= 0.3 is 0 Å². The van der Waals surface area contributed by atoms with E-state index in [0.717, 1.165) is 24.5 Å². The van der Waals surface area contributed by atoms with Crippen LogP contribution in [0.4, 0.5) is 5.69 Å². The van der Waals surface area contributed by atoms with Crippen molar-refractivity contribution in [1.29, 1.82) is 0 Å². The summed E-state index contributed by atoms with van der Waals surface area (Å²) < 4.78 is 1.76. The normalized spacial score (nSPS) is 10.9. The maximum Gasteiger partial charge on any atom is 0.238 e. The number of nitrogens with one attached hydrogen (secondary N) is 1. The first-order valence-electron chi connectivity index (χ1n) is 7.07. The molecule has 0 bridgehead atoms. The monoisotopic (exact) mass is 322 g/mol. The summed E-state index contributed by atoms with van der Waals surface area (Å²) in [5, 5.41) is 15.1. The van der Waals surface area contributed by atoms with Gasteiger partial charge in [0.15, 0.2) is 5.82 Å². The highest BCUT2D eigenvalue weighted by Gasteiger charge is 2.12. The van der Waals surface area contributed by atoms with Gasteiger partial charge in [-0.05, 0) is 48.2 Å². The van der Waals surface area contributed by atoms with Crippen LogP contribution in [0.5, 0.6) is 0 Å². The van der Waals surface area contributed by atoms with Crippen molar-refractivity contribution in [3.05, 3.63) is 35.1 Å². The van der Waals surface area contributed by atoms with Crippen molar-refractivity contribution in [1.82, 2.24) is 25.1 Å². The Balaban J connectivity index is 1.85. The molecule has 0 spiro atoms. The van der Waals surface area contributed by atoms with Gasteiger partial charge in [-0.15, -0.1) is 5.10 Å². The Morgan fingerprint density at radius 3 is 2.77 bits per heavy atom. The summed E-state index contributed by atoms with van der Waals surface area (Å²) >= 11 is 5.81. The molecule has 2 aromatic rings. The molecular weight excluding hydrogens is 304 g/mol. The van der Waals surface area contributed by atoms with Gasteiger partial charge in [-0.2, -0.15) is 0 Å². The third-order valence-corrected chi connectivity index (χ3v) is 3.25. The fourth-order valence-corrected chi connectivity index (χ4v) is 2.12. The Morgan fingerprint density at radius 2 is 2.09 bits per heavy atom. The SMILES string of the molecule is CCCn1nnnc1CN(C)CC(=O)Nc1ccc(Cl)cc1. The number of carbonyl (C=O) groups excluding carboxylic acids is 1. The molecule has 0 fully saturated rings. The van der Waals surface area contributed by atoms with E-state index in [2.05, 4.69) is 27.8 Å². The number of hydrogen-bond acceptors (Lipinski definition) is 5. The van der Waals surface area contributed by atoms with Crippen LogP contribution in [0.25, 0.3) is 0 Å². The third-order valence-electron chi connectivity index (χ3n) is 2.99. The van der Waals surface area contributed by atoms with Crippen LogP contribution in [0.1, 0.15) is 19.2 Å². The molecule has 118 valence electrons. The fraction of sp³-hybridized carbons (Fsp3) is 0.429. The first kappa shape index (κ1) is 16.4. The van der Waals surface area contributed by atoms with E-state index in [-0.39, 0.29) is 12.5 Å². The van der Waals surface area contributed by atoms with Crippen molar-refractivity contribution in [2.75, 3.05) is 18.9 Å². The van der Waals surface area contributed by atoms with Crippen LogP contribution in [-0.2, 0) is 17.9 Å². The number of benzene rings is 1. The minimum Gasteiger partial charge on any atom is -0.325 e. The Morgan fingerprint density at radius 1 is 1.36 bits per heavy atom. The molecule has 8 heteroatoms. The van der Waals surface area contributed by atoms with Crippen LogP contribution in [-0.4, -0.2) is 44.6 Å². The first-order chi connectivity index (χ1) is 10.6. The Labute approximate surface area is 134 Å². The van der Waals surface area contributed by atoms with Gasteiger partial charge in [0.05, 0.1) is 13.1 Å². The summed E-state index contributed by atoms with van der Waals surface area (Å²) in [6.07, 6.45) is 0.957. The lowest BCUT2D eigenvalue weighted by atomic mass is 10.3. The number of anilines is 1. The number of carbonyl (C=O) groups is 1. The van der Waals surface area contributed by atoms with Gasteiger partial charge in [0.25, 0.3) is 0 Å². The highest BCUT2D eigenvalue weighted by Crippen LogP contribution is 2.13. The summed E-state index contributed by atoms with van der Waals surface area (Å²) in [4.78, 5) is 13.9. The smallest absolute Gasteiger partial charge is 0.238 e. The predicted molar refractivity (Wildman–Crippen MR) is 84.5 cm³/mol. The molecule has 0 atom stereocenters. The van der Waals surface area contributed by atoms with Gasteiger partial charge in [0, 0.05) is 17.3 Å². The van der Waals surface area contributed by atoms with Crippen LogP contribution in [0.15, 0.2) is 24.3 Å². The lowest BCUT2D eigenvalue weighted by molar-refractivity contribution is -0.117. The van der Waals surface area contributed by atoms with E-state index in [4.69, 9.17) is 11.6 Å². The summed E-state index contributed by atoms with van der Waals surface area (Å²) in [5.74, 6) is 0.656. The number of aromatic nitrogens is 4. The van der Waals surface area contributed by atoms with Gasteiger partial charge in [-0.25, -0.2) is 4.68 Å². The first-order valence-corrected chi connectivity index (χ1v) is 7.45. The van der Waals surface area contributed by atoms with Gasteiger partial charge in [0.2, 0.25) is 5.91 Å². The van der Waals surface area contributed by atoms with E-state index in [1.807, 2.05) is 11.9 Å². The lowest BCUT2D eigenvalue weighted by Gasteiger charge is -2.15. The molecule has 1 aromatic heterocycles. The molecule has 0 aliphatic heterocycles. The van der Waals surface area contributed by atoms with Crippen molar-refractivity contribution in [2.24, 2.45) is 0 Å². The summed E-state index contributed by atoms with van der Waals surface area (Å²) in [5.41, 5.74) is 0.721. The second-order valence-corrected chi connectivity index (χ2v) is 5.48. The number of aryl methyl sites for hydroxylation is 1. The predicted octanol–water partition coefficient (Wildman–Crippen LogP) is 1.81. The van der Waals surface area contributed by atoms with E-state index in [0.29, 0.717) is 11.6 Å². The van der Waals surface area contributed by atoms with E-state index in [1.165, 1.54) is 0 Å². The summed E-state index contributed by atoms with van der Waals surface area (Å²) in [6, 6.07) is 7.00. The minimum atomic E-state index is -0.0978. The van der Waals surface area contributed by atoms with Gasteiger partial charge in [0.1, 0.15) is 0 Å². The molecular formula is C14H19ClN6O. The van der Waals surface area contributed by atoms with E-state index in [1.54, 1.807) is 28.9 Å². The molecule has 1 heterocycles. The number of likely N-dealkylation sites (N-methyl/N-ethyl adjacent to an activating group) is 1. The molecule has 0 unspecified atom stereocenters. The van der Waals surface area contributed by atoms with Gasteiger partial charge in [-0.1, -0.05) is 18.5 Å². The van der Waals surface area contributed by atoms with E-state index < -0.39 is 0 Å². The topological polar surface area (TPSA) is 75.9 Å². The molecule has 0 saturated carbocycles. The molecule has 1 amide bonds.